The van der Waals surface area contributed by atoms with Crippen molar-refractivity contribution in [3.63, 3.8) is 0 Å². The maximum absolute atomic E-state index is 12.5. The van der Waals surface area contributed by atoms with Crippen LogP contribution >= 0.6 is 0 Å². The number of piperazine rings is 1. The van der Waals surface area contributed by atoms with Crippen LogP contribution in [0.3, 0.4) is 0 Å². The van der Waals surface area contributed by atoms with E-state index in [0.717, 1.165) is 0 Å². The SMILES string of the molecule is CCOC(=O)N1CCN(C(=O)C(NC(C)=O)C(C)C)CC1. The number of nitrogens with zero attached hydrogens (tertiary/aromatic N) is 2. The molecule has 1 atom stereocenters. The molecule has 0 bridgehead atoms. The molecule has 1 rings (SSSR count). The Hall–Kier alpha value is -1.79. The summed E-state index contributed by atoms with van der Waals surface area (Å²) in [7, 11) is 0. The van der Waals surface area contributed by atoms with E-state index in [2.05, 4.69) is 5.32 Å². The summed E-state index contributed by atoms with van der Waals surface area (Å²) < 4.78 is 4.94. The quantitative estimate of drug-likeness (QED) is 0.817. The molecule has 1 aliphatic rings. The van der Waals surface area contributed by atoms with Crippen LogP contribution in [0.4, 0.5) is 4.79 Å². The van der Waals surface area contributed by atoms with E-state index >= 15 is 0 Å². The number of ether oxygens (including phenoxy) is 1. The molecule has 1 saturated heterocycles. The number of carbonyl (C=O) groups excluding carboxylic acids is 3. The molecule has 7 heteroatoms. The van der Waals surface area contributed by atoms with Crippen LogP contribution < -0.4 is 5.32 Å². The van der Waals surface area contributed by atoms with Gasteiger partial charge < -0.3 is 19.9 Å². The fraction of sp³-hybridized carbons (Fsp3) is 0.786. The van der Waals surface area contributed by atoms with Gasteiger partial charge in [-0.1, -0.05) is 13.8 Å². The van der Waals surface area contributed by atoms with Crippen molar-refractivity contribution in [1.82, 2.24) is 15.1 Å². The van der Waals surface area contributed by atoms with E-state index in [-0.39, 0.29) is 23.8 Å². The molecule has 0 aliphatic carbocycles. The maximum Gasteiger partial charge on any atom is 0.409 e. The Morgan fingerprint density at radius 1 is 1.10 bits per heavy atom. The van der Waals surface area contributed by atoms with Gasteiger partial charge in [0.1, 0.15) is 6.04 Å². The van der Waals surface area contributed by atoms with Crippen LogP contribution in [0.1, 0.15) is 27.7 Å². The van der Waals surface area contributed by atoms with Crippen molar-refractivity contribution in [2.75, 3.05) is 32.8 Å². The van der Waals surface area contributed by atoms with E-state index in [1.54, 1.807) is 16.7 Å². The maximum atomic E-state index is 12.5. The molecule has 7 nitrogen and oxygen atoms in total. The molecule has 0 aromatic heterocycles. The predicted octanol–water partition coefficient (Wildman–Crippen LogP) is 0.448. The van der Waals surface area contributed by atoms with Crippen molar-refractivity contribution in [3.8, 4) is 0 Å². The third kappa shape index (κ3) is 4.91. The first-order valence-electron chi connectivity index (χ1n) is 7.34. The minimum Gasteiger partial charge on any atom is -0.450 e. The van der Waals surface area contributed by atoms with Crippen molar-refractivity contribution >= 4 is 17.9 Å². The number of amides is 3. The molecular formula is C14H25N3O4. The van der Waals surface area contributed by atoms with Crippen molar-refractivity contribution in [1.29, 1.82) is 0 Å². The lowest BCUT2D eigenvalue weighted by Gasteiger charge is -2.36. The second kappa shape index (κ2) is 7.85. The highest BCUT2D eigenvalue weighted by Gasteiger charge is 2.31. The molecule has 1 aliphatic heterocycles. The normalized spacial score (nSPS) is 16.6. The lowest BCUT2D eigenvalue weighted by molar-refractivity contribution is -0.138. The summed E-state index contributed by atoms with van der Waals surface area (Å²) in [6.45, 7) is 9.13. The smallest absolute Gasteiger partial charge is 0.409 e. The van der Waals surface area contributed by atoms with Gasteiger partial charge >= 0.3 is 6.09 Å². The van der Waals surface area contributed by atoms with Crippen LogP contribution in [0.5, 0.6) is 0 Å². The molecule has 0 aromatic rings. The van der Waals surface area contributed by atoms with Gasteiger partial charge in [-0.25, -0.2) is 4.79 Å². The molecular weight excluding hydrogens is 274 g/mol. The van der Waals surface area contributed by atoms with E-state index in [4.69, 9.17) is 4.74 Å². The Bertz CT molecular complexity index is 390. The number of nitrogens with one attached hydrogen (secondary N) is 1. The third-order valence-corrected chi connectivity index (χ3v) is 3.41. The van der Waals surface area contributed by atoms with Crippen LogP contribution in [-0.2, 0) is 14.3 Å². The Labute approximate surface area is 125 Å². The largest absolute Gasteiger partial charge is 0.450 e. The molecule has 1 N–H and O–H groups in total. The average molecular weight is 299 g/mol. The first kappa shape index (κ1) is 17.3. The first-order valence-corrected chi connectivity index (χ1v) is 7.34. The van der Waals surface area contributed by atoms with Gasteiger partial charge in [0.25, 0.3) is 0 Å². The number of hydrogen-bond donors (Lipinski definition) is 1. The van der Waals surface area contributed by atoms with Crippen molar-refractivity contribution in [2.24, 2.45) is 5.92 Å². The fourth-order valence-electron chi connectivity index (χ4n) is 2.25. The fourth-order valence-corrected chi connectivity index (χ4v) is 2.25. The molecule has 3 amide bonds. The second-order valence-electron chi connectivity index (χ2n) is 5.43. The van der Waals surface area contributed by atoms with Crippen molar-refractivity contribution < 1.29 is 19.1 Å². The Morgan fingerprint density at radius 2 is 1.62 bits per heavy atom. The van der Waals surface area contributed by atoms with Gasteiger partial charge in [-0.2, -0.15) is 0 Å². The second-order valence-corrected chi connectivity index (χ2v) is 5.43. The summed E-state index contributed by atoms with van der Waals surface area (Å²) in [5, 5.41) is 2.70. The van der Waals surface area contributed by atoms with Gasteiger partial charge in [-0.05, 0) is 12.8 Å². The predicted molar refractivity (Wildman–Crippen MR) is 77.6 cm³/mol. The van der Waals surface area contributed by atoms with Crippen molar-refractivity contribution in [3.05, 3.63) is 0 Å². The molecule has 0 saturated carbocycles. The zero-order chi connectivity index (χ0) is 16.0. The van der Waals surface area contributed by atoms with Crippen LogP contribution in [0.25, 0.3) is 0 Å². The minimum absolute atomic E-state index is 0.0180. The Balaban J connectivity index is 2.57. The van der Waals surface area contributed by atoms with Gasteiger partial charge in [-0.15, -0.1) is 0 Å². The van der Waals surface area contributed by atoms with E-state index in [1.165, 1.54) is 6.92 Å². The van der Waals surface area contributed by atoms with Crippen LogP contribution in [0, 0.1) is 5.92 Å². The lowest BCUT2D eigenvalue weighted by atomic mass is 10.0. The highest BCUT2D eigenvalue weighted by molar-refractivity contribution is 5.87. The standard InChI is InChI=1S/C14H25N3O4/c1-5-21-14(20)17-8-6-16(7-9-17)13(19)12(10(2)3)15-11(4)18/h10,12H,5-9H2,1-4H3,(H,15,18). The molecule has 1 heterocycles. The molecule has 0 aromatic carbocycles. The Morgan fingerprint density at radius 3 is 2.05 bits per heavy atom. The zero-order valence-corrected chi connectivity index (χ0v) is 13.2. The van der Waals surface area contributed by atoms with Crippen molar-refractivity contribution in [2.45, 2.75) is 33.7 Å². The molecule has 21 heavy (non-hydrogen) atoms. The van der Waals surface area contributed by atoms with E-state index < -0.39 is 6.04 Å². The van der Waals surface area contributed by atoms with E-state index in [0.29, 0.717) is 32.8 Å². The molecule has 1 fully saturated rings. The highest BCUT2D eigenvalue weighted by atomic mass is 16.6. The van der Waals surface area contributed by atoms with Crippen LogP contribution in [-0.4, -0.2) is 66.5 Å². The molecule has 0 radical (unpaired) electrons. The van der Waals surface area contributed by atoms with Gasteiger partial charge in [0.2, 0.25) is 11.8 Å². The molecule has 0 spiro atoms. The van der Waals surface area contributed by atoms with Crippen LogP contribution in [0.15, 0.2) is 0 Å². The summed E-state index contributed by atoms with van der Waals surface area (Å²) in [4.78, 5) is 38.6. The summed E-state index contributed by atoms with van der Waals surface area (Å²) in [5.74, 6) is -0.291. The summed E-state index contributed by atoms with van der Waals surface area (Å²) >= 11 is 0. The zero-order valence-electron chi connectivity index (χ0n) is 13.2. The number of carbonyl (C=O) groups is 3. The third-order valence-electron chi connectivity index (χ3n) is 3.41. The number of rotatable bonds is 4. The van der Waals surface area contributed by atoms with E-state index in [1.807, 2.05) is 13.8 Å². The van der Waals surface area contributed by atoms with Gasteiger partial charge in [0.15, 0.2) is 0 Å². The van der Waals surface area contributed by atoms with Gasteiger partial charge in [0, 0.05) is 33.1 Å². The molecule has 1 unspecified atom stereocenters. The topological polar surface area (TPSA) is 79.0 Å². The van der Waals surface area contributed by atoms with E-state index in [9.17, 15) is 14.4 Å². The average Bonchev–Trinajstić information content (AvgIpc) is 2.44. The Kier molecular flexibility index (Phi) is 6.45. The van der Waals surface area contributed by atoms with Gasteiger partial charge in [-0.3, -0.25) is 9.59 Å². The lowest BCUT2D eigenvalue weighted by Crippen LogP contribution is -2.57. The summed E-state index contributed by atoms with van der Waals surface area (Å²) in [6.07, 6.45) is -0.341. The highest BCUT2D eigenvalue weighted by Crippen LogP contribution is 2.10. The number of hydrogen-bond acceptors (Lipinski definition) is 4. The summed E-state index contributed by atoms with van der Waals surface area (Å²) in [5.41, 5.74) is 0. The monoisotopic (exact) mass is 299 g/mol. The van der Waals surface area contributed by atoms with Crippen LogP contribution in [0.2, 0.25) is 0 Å². The van der Waals surface area contributed by atoms with Gasteiger partial charge in [0.05, 0.1) is 6.61 Å². The minimum atomic E-state index is -0.517. The summed E-state index contributed by atoms with van der Waals surface area (Å²) in [6, 6.07) is -0.517. The molecule has 120 valence electrons. The first-order chi connectivity index (χ1) is 9.86.